The molecule has 0 saturated carbocycles. The van der Waals surface area contributed by atoms with Gasteiger partial charge in [-0.25, -0.2) is 9.78 Å². The van der Waals surface area contributed by atoms with Crippen molar-refractivity contribution in [3.63, 3.8) is 0 Å². The molecule has 0 atom stereocenters. The fourth-order valence-corrected chi connectivity index (χ4v) is 1.40. The number of hydrogen-bond acceptors (Lipinski definition) is 5. The monoisotopic (exact) mass is 219 g/mol. The van der Waals surface area contributed by atoms with Crippen LogP contribution in [-0.2, 0) is 9.53 Å². The van der Waals surface area contributed by atoms with E-state index >= 15 is 0 Å². The summed E-state index contributed by atoms with van der Waals surface area (Å²) in [5.74, 6) is -1.66. The number of ketones is 1. The number of esters is 1. The Morgan fingerprint density at radius 1 is 1.69 bits per heavy atom. The largest absolute Gasteiger partial charge is 0.460 e. The minimum absolute atomic E-state index is 0.0356. The van der Waals surface area contributed by atoms with Crippen LogP contribution in [0.25, 0.3) is 0 Å². The number of Topliss-reactive ketones (excluding diaryl/α,β-unsaturated/α-hetero) is 1. The van der Waals surface area contributed by atoms with Crippen LogP contribution in [0, 0.1) is 0 Å². The number of halogens is 1. The molecule has 0 radical (unpaired) electrons. The van der Waals surface area contributed by atoms with E-state index < -0.39 is 11.8 Å². The van der Waals surface area contributed by atoms with Crippen molar-refractivity contribution in [2.75, 3.05) is 6.61 Å². The predicted molar refractivity (Wildman–Crippen MR) is 48.1 cm³/mol. The van der Waals surface area contributed by atoms with Gasteiger partial charge in [0.15, 0.2) is 4.47 Å². The van der Waals surface area contributed by atoms with Gasteiger partial charge in [-0.2, -0.15) is 0 Å². The zero-order valence-electron chi connectivity index (χ0n) is 6.74. The molecule has 1 aromatic heterocycles. The van der Waals surface area contributed by atoms with E-state index in [0.29, 0.717) is 0 Å². The smallest absolute Gasteiger partial charge is 0.381 e. The summed E-state index contributed by atoms with van der Waals surface area (Å²) in [6.07, 6.45) is 0. The Morgan fingerprint density at radius 3 is 2.85 bits per heavy atom. The highest BCUT2D eigenvalue weighted by molar-refractivity contribution is 7.14. The maximum atomic E-state index is 11.2. The first kappa shape index (κ1) is 10.1. The quantitative estimate of drug-likeness (QED) is 0.440. The number of carbonyl (C=O) groups excluding carboxylic acids is 2. The molecule has 4 nitrogen and oxygen atoms in total. The molecular weight excluding hydrogens is 214 g/mol. The molecule has 0 fully saturated rings. The van der Waals surface area contributed by atoms with Crippen LogP contribution in [0.4, 0.5) is 0 Å². The van der Waals surface area contributed by atoms with E-state index in [0.717, 1.165) is 11.3 Å². The van der Waals surface area contributed by atoms with Crippen molar-refractivity contribution in [1.29, 1.82) is 0 Å². The van der Waals surface area contributed by atoms with Gasteiger partial charge in [0.2, 0.25) is 0 Å². The van der Waals surface area contributed by atoms with E-state index in [1.807, 2.05) is 0 Å². The van der Waals surface area contributed by atoms with Gasteiger partial charge < -0.3 is 4.74 Å². The molecule has 1 aromatic rings. The fourth-order valence-electron chi connectivity index (χ4n) is 0.657. The third-order valence-electron chi connectivity index (χ3n) is 1.17. The van der Waals surface area contributed by atoms with Crippen LogP contribution < -0.4 is 0 Å². The van der Waals surface area contributed by atoms with E-state index in [4.69, 9.17) is 11.6 Å². The van der Waals surface area contributed by atoms with Crippen molar-refractivity contribution in [3.05, 3.63) is 15.5 Å². The summed E-state index contributed by atoms with van der Waals surface area (Å²) < 4.78 is 4.73. The zero-order chi connectivity index (χ0) is 9.84. The molecule has 0 amide bonds. The molecule has 6 heteroatoms. The second-order valence-corrected chi connectivity index (χ2v) is 3.48. The standard InChI is InChI=1S/C7H6ClNO3S/c1-2-12-6(11)5(10)4-3-13-7(8)9-4/h3H,2H2,1H3. The minimum atomic E-state index is -0.899. The van der Waals surface area contributed by atoms with Crippen molar-refractivity contribution >= 4 is 34.7 Å². The molecule has 0 unspecified atom stereocenters. The number of nitrogens with zero attached hydrogens (tertiary/aromatic N) is 1. The molecule has 13 heavy (non-hydrogen) atoms. The first-order valence-corrected chi connectivity index (χ1v) is 4.73. The van der Waals surface area contributed by atoms with Crippen LogP contribution in [0.3, 0.4) is 0 Å². The first-order valence-electron chi connectivity index (χ1n) is 3.47. The van der Waals surface area contributed by atoms with E-state index in [2.05, 4.69) is 9.72 Å². The van der Waals surface area contributed by atoms with Crippen molar-refractivity contribution in [2.45, 2.75) is 6.92 Å². The van der Waals surface area contributed by atoms with Gasteiger partial charge >= 0.3 is 5.97 Å². The Hall–Kier alpha value is -0.940. The molecular formula is C7H6ClNO3S. The van der Waals surface area contributed by atoms with Crippen LogP contribution in [0.2, 0.25) is 4.47 Å². The normalized spacial score (nSPS) is 9.69. The molecule has 0 N–H and O–H groups in total. The number of aromatic nitrogens is 1. The molecule has 1 heterocycles. The topological polar surface area (TPSA) is 56.3 Å². The molecule has 0 aliphatic rings. The van der Waals surface area contributed by atoms with Crippen molar-refractivity contribution in [2.24, 2.45) is 0 Å². The highest BCUT2D eigenvalue weighted by Crippen LogP contribution is 2.15. The van der Waals surface area contributed by atoms with E-state index in [9.17, 15) is 9.59 Å². The maximum Gasteiger partial charge on any atom is 0.381 e. The lowest BCUT2D eigenvalue weighted by atomic mass is 10.3. The second kappa shape index (κ2) is 4.34. The number of thiazole rings is 1. The van der Waals surface area contributed by atoms with Crippen LogP contribution in [0.5, 0.6) is 0 Å². The van der Waals surface area contributed by atoms with Crippen LogP contribution >= 0.6 is 22.9 Å². The summed E-state index contributed by atoms with van der Waals surface area (Å²) in [5, 5.41) is 1.42. The fraction of sp³-hybridized carbons (Fsp3) is 0.286. The van der Waals surface area contributed by atoms with Gasteiger partial charge in [-0.15, -0.1) is 11.3 Å². The number of ether oxygens (including phenoxy) is 1. The Bertz CT molecular complexity index is 336. The Kier molecular flexibility index (Phi) is 3.39. The van der Waals surface area contributed by atoms with Crippen molar-refractivity contribution < 1.29 is 14.3 Å². The molecule has 0 aliphatic heterocycles. The molecule has 0 saturated heterocycles. The van der Waals surface area contributed by atoms with Gasteiger partial charge in [0.1, 0.15) is 5.69 Å². The molecule has 0 spiro atoms. The van der Waals surface area contributed by atoms with Gasteiger partial charge in [-0.05, 0) is 6.92 Å². The summed E-state index contributed by atoms with van der Waals surface area (Å²) in [4.78, 5) is 25.7. The van der Waals surface area contributed by atoms with Gasteiger partial charge in [0.05, 0.1) is 6.61 Å². The average molecular weight is 220 g/mol. The molecule has 0 bridgehead atoms. The van der Waals surface area contributed by atoms with Crippen LogP contribution in [-0.4, -0.2) is 23.3 Å². The SMILES string of the molecule is CCOC(=O)C(=O)c1csc(Cl)n1. The van der Waals surface area contributed by atoms with E-state index in [1.165, 1.54) is 5.38 Å². The lowest BCUT2D eigenvalue weighted by molar-refractivity contribution is -0.137. The van der Waals surface area contributed by atoms with E-state index in [-0.39, 0.29) is 16.8 Å². The Morgan fingerprint density at radius 2 is 2.38 bits per heavy atom. The summed E-state index contributed by atoms with van der Waals surface area (Å²) in [6.45, 7) is 1.79. The Balaban J connectivity index is 2.73. The van der Waals surface area contributed by atoms with Crippen molar-refractivity contribution in [1.82, 2.24) is 4.98 Å². The summed E-state index contributed by atoms with van der Waals surface area (Å²) in [7, 11) is 0. The third-order valence-corrected chi connectivity index (χ3v) is 2.15. The number of rotatable bonds is 3. The molecule has 0 aliphatic carbocycles. The maximum absolute atomic E-state index is 11.2. The van der Waals surface area contributed by atoms with Crippen LogP contribution in [0.15, 0.2) is 5.38 Å². The molecule has 70 valence electrons. The number of hydrogen-bond donors (Lipinski definition) is 0. The third kappa shape index (κ3) is 2.50. The lowest BCUT2D eigenvalue weighted by Crippen LogP contribution is -2.17. The predicted octanol–water partition coefficient (Wildman–Crippen LogP) is 1.54. The van der Waals surface area contributed by atoms with E-state index in [1.54, 1.807) is 6.92 Å². The molecule has 1 rings (SSSR count). The summed E-state index contributed by atoms with van der Waals surface area (Å²) in [5.41, 5.74) is 0.0356. The Labute approximate surface area is 83.5 Å². The molecule has 0 aromatic carbocycles. The van der Waals surface area contributed by atoms with Crippen LogP contribution in [0.1, 0.15) is 17.4 Å². The summed E-state index contributed by atoms with van der Waals surface area (Å²) >= 11 is 6.58. The minimum Gasteiger partial charge on any atom is -0.460 e. The number of carbonyl (C=O) groups is 2. The van der Waals surface area contributed by atoms with Gasteiger partial charge in [-0.3, -0.25) is 4.79 Å². The average Bonchev–Trinajstić information content (AvgIpc) is 2.51. The second-order valence-electron chi connectivity index (χ2n) is 2.04. The zero-order valence-corrected chi connectivity index (χ0v) is 8.32. The summed E-state index contributed by atoms with van der Waals surface area (Å²) in [6, 6.07) is 0. The van der Waals surface area contributed by atoms with Gasteiger partial charge in [-0.1, -0.05) is 11.6 Å². The van der Waals surface area contributed by atoms with Crippen molar-refractivity contribution in [3.8, 4) is 0 Å². The highest BCUT2D eigenvalue weighted by Gasteiger charge is 2.19. The highest BCUT2D eigenvalue weighted by atomic mass is 35.5. The van der Waals surface area contributed by atoms with Gasteiger partial charge in [0, 0.05) is 5.38 Å². The van der Waals surface area contributed by atoms with Gasteiger partial charge in [0.25, 0.3) is 5.78 Å². The lowest BCUT2D eigenvalue weighted by Gasteiger charge is -1.96. The first-order chi connectivity index (χ1) is 6.15.